The van der Waals surface area contributed by atoms with E-state index < -0.39 is 11.7 Å². The van der Waals surface area contributed by atoms with Crippen LogP contribution in [-0.4, -0.2) is 36.3 Å². The molecule has 0 spiro atoms. The summed E-state index contributed by atoms with van der Waals surface area (Å²) in [5.74, 6) is -0.406. The number of amides is 1. The summed E-state index contributed by atoms with van der Waals surface area (Å²) in [6, 6.07) is 8.97. The normalized spacial score (nSPS) is 9.76. The second-order valence-corrected chi connectivity index (χ2v) is 3.50. The van der Waals surface area contributed by atoms with E-state index in [1.54, 1.807) is 12.1 Å². The molecule has 1 aromatic carbocycles. The van der Waals surface area contributed by atoms with Gasteiger partial charge in [-0.15, -0.1) is 0 Å². The van der Waals surface area contributed by atoms with Gasteiger partial charge in [0, 0.05) is 13.1 Å². The Morgan fingerprint density at radius 2 is 1.71 bits per heavy atom. The topological polar surface area (TPSA) is 46.6 Å². The second kappa shape index (κ2) is 6.68. The smallest absolute Gasteiger partial charge is 0.293 e. The number of ketones is 1. The molecular formula is C13H17NO3. The van der Waals surface area contributed by atoms with E-state index in [1.807, 2.05) is 32.0 Å². The van der Waals surface area contributed by atoms with Gasteiger partial charge in [0.2, 0.25) is 0 Å². The van der Waals surface area contributed by atoms with Crippen molar-refractivity contribution in [1.29, 1.82) is 0 Å². The van der Waals surface area contributed by atoms with E-state index >= 15 is 0 Å². The summed E-state index contributed by atoms with van der Waals surface area (Å²) < 4.78 is 5.23. The van der Waals surface area contributed by atoms with Crippen molar-refractivity contribution < 1.29 is 14.3 Å². The molecule has 0 fully saturated rings. The monoisotopic (exact) mass is 235 g/mol. The van der Waals surface area contributed by atoms with E-state index in [9.17, 15) is 9.59 Å². The van der Waals surface area contributed by atoms with E-state index in [-0.39, 0.29) is 6.61 Å². The maximum absolute atomic E-state index is 11.6. The first-order chi connectivity index (χ1) is 8.19. The van der Waals surface area contributed by atoms with Gasteiger partial charge in [-0.1, -0.05) is 18.2 Å². The second-order valence-electron chi connectivity index (χ2n) is 3.50. The van der Waals surface area contributed by atoms with Gasteiger partial charge >= 0.3 is 0 Å². The summed E-state index contributed by atoms with van der Waals surface area (Å²) in [5.41, 5.74) is 0. The lowest BCUT2D eigenvalue weighted by atomic mass is 10.3. The third-order valence-electron chi connectivity index (χ3n) is 2.40. The number of ether oxygens (including phenoxy) is 1. The zero-order valence-electron chi connectivity index (χ0n) is 10.2. The largest absolute Gasteiger partial charge is 0.485 e. The lowest BCUT2D eigenvalue weighted by molar-refractivity contribution is -0.145. The van der Waals surface area contributed by atoms with Crippen molar-refractivity contribution in [2.75, 3.05) is 19.7 Å². The highest BCUT2D eigenvalue weighted by Gasteiger charge is 2.19. The van der Waals surface area contributed by atoms with Crippen LogP contribution < -0.4 is 4.74 Å². The predicted octanol–water partition coefficient (Wildman–Crippen LogP) is 1.50. The Kier molecular flexibility index (Phi) is 5.20. The van der Waals surface area contributed by atoms with Crippen LogP contribution in [0.4, 0.5) is 0 Å². The third kappa shape index (κ3) is 3.90. The van der Waals surface area contributed by atoms with Crippen LogP contribution in [0.3, 0.4) is 0 Å². The number of carbonyl (C=O) groups is 2. The first-order valence-corrected chi connectivity index (χ1v) is 5.69. The molecule has 17 heavy (non-hydrogen) atoms. The summed E-state index contributed by atoms with van der Waals surface area (Å²) in [4.78, 5) is 24.7. The molecule has 0 unspecified atom stereocenters. The molecule has 0 aliphatic carbocycles. The first-order valence-electron chi connectivity index (χ1n) is 5.69. The molecule has 4 nitrogen and oxygen atoms in total. The Bertz CT molecular complexity index is 372. The number of benzene rings is 1. The van der Waals surface area contributed by atoms with Crippen LogP contribution in [0.25, 0.3) is 0 Å². The quantitative estimate of drug-likeness (QED) is 0.702. The number of nitrogens with zero attached hydrogens (tertiary/aromatic N) is 1. The van der Waals surface area contributed by atoms with Crippen LogP contribution in [-0.2, 0) is 9.59 Å². The summed E-state index contributed by atoms with van der Waals surface area (Å²) in [6.07, 6.45) is 0. The molecule has 4 heteroatoms. The van der Waals surface area contributed by atoms with E-state index in [0.29, 0.717) is 18.8 Å². The van der Waals surface area contributed by atoms with E-state index in [1.165, 1.54) is 4.90 Å². The van der Waals surface area contributed by atoms with Crippen LogP contribution in [0, 0.1) is 0 Å². The summed E-state index contributed by atoms with van der Waals surface area (Å²) in [5, 5.41) is 0. The van der Waals surface area contributed by atoms with Crippen LogP contribution in [0.1, 0.15) is 13.8 Å². The molecular weight excluding hydrogens is 218 g/mol. The van der Waals surface area contributed by atoms with Crippen molar-refractivity contribution in [3.8, 4) is 5.75 Å². The SMILES string of the molecule is CCN(CC)C(=O)C(=O)COc1ccccc1. The van der Waals surface area contributed by atoms with Gasteiger partial charge in [0.25, 0.3) is 11.7 Å². The number of carbonyl (C=O) groups excluding carboxylic acids is 2. The number of likely N-dealkylation sites (N-methyl/N-ethyl adjacent to an activating group) is 1. The molecule has 0 aliphatic rings. The number of rotatable bonds is 6. The molecule has 1 rings (SSSR count). The average Bonchev–Trinajstić information content (AvgIpc) is 2.38. The van der Waals surface area contributed by atoms with Crippen molar-refractivity contribution in [2.24, 2.45) is 0 Å². The molecule has 0 saturated carbocycles. The van der Waals surface area contributed by atoms with Crippen LogP contribution in [0.2, 0.25) is 0 Å². The van der Waals surface area contributed by atoms with E-state index in [2.05, 4.69) is 0 Å². The van der Waals surface area contributed by atoms with Crippen molar-refractivity contribution in [3.63, 3.8) is 0 Å². The van der Waals surface area contributed by atoms with Gasteiger partial charge in [-0.05, 0) is 26.0 Å². The number of hydrogen-bond donors (Lipinski definition) is 0. The Labute approximate surface area is 101 Å². The zero-order valence-corrected chi connectivity index (χ0v) is 10.2. The van der Waals surface area contributed by atoms with Crippen LogP contribution in [0.15, 0.2) is 30.3 Å². The molecule has 92 valence electrons. The van der Waals surface area contributed by atoms with Gasteiger partial charge < -0.3 is 9.64 Å². The molecule has 0 aromatic heterocycles. The fraction of sp³-hybridized carbons (Fsp3) is 0.385. The van der Waals surface area contributed by atoms with Gasteiger partial charge in [0.1, 0.15) is 5.75 Å². The Morgan fingerprint density at radius 3 is 2.24 bits per heavy atom. The number of Topliss-reactive ketones (excluding diaryl/α,β-unsaturated/α-hetero) is 1. The average molecular weight is 235 g/mol. The number of para-hydroxylation sites is 1. The maximum atomic E-state index is 11.6. The summed E-state index contributed by atoms with van der Waals surface area (Å²) >= 11 is 0. The molecule has 0 N–H and O–H groups in total. The molecule has 0 bridgehead atoms. The minimum atomic E-state index is -0.516. The fourth-order valence-electron chi connectivity index (χ4n) is 1.41. The Morgan fingerprint density at radius 1 is 1.12 bits per heavy atom. The number of hydrogen-bond acceptors (Lipinski definition) is 3. The predicted molar refractivity (Wildman–Crippen MR) is 64.9 cm³/mol. The molecule has 0 radical (unpaired) electrons. The summed E-state index contributed by atoms with van der Waals surface area (Å²) in [6.45, 7) is 4.54. The van der Waals surface area contributed by atoms with Crippen LogP contribution >= 0.6 is 0 Å². The zero-order chi connectivity index (χ0) is 12.7. The first kappa shape index (κ1) is 13.2. The molecule has 0 aliphatic heterocycles. The van der Waals surface area contributed by atoms with Gasteiger partial charge in [-0.3, -0.25) is 9.59 Å². The lowest BCUT2D eigenvalue weighted by Crippen LogP contribution is -2.38. The molecule has 1 amide bonds. The lowest BCUT2D eigenvalue weighted by Gasteiger charge is -2.17. The van der Waals surface area contributed by atoms with Gasteiger partial charge in [-0.25, -0.2) is 0 Å². The molecule has 1 aromatic rings. The standard InChI is InChI=1S/C13H17NO3/c1-3-14(4-2)13(16)12(15)10-17-11-8-6-5-7-9-11/h5-9H,3-4,10H2,1-2H3. The van der Waals surface area contributed by atoms with Crippen molar-refractivity contribution in [1.82, 2.24) is 4.90 Å². The van der Waals surface area contributed by atoms with Crippen molar-refractivity contribution >= 4 is 11.7 Å². The minimum Gasteiger partial charge on any atom is -0.485 e. The Hall–Kier alpha value is -1.84. The van der Waals surface area contributed by atoms with Crippen molar-refractivity contribution in [3.05, 3.63) is 30.3 Å². The maximum Gasteiger partial charge on any atom is 0.293 e. The molecule has 0 heterocycles. The van der Waals surface area contributed by atoms with Gasteiger partial charge in [0.15, 0.2) is 6.61 Å². The highest BCUT2D eigenvalue weighted by atomic mass is 16.5. The summed E-state index contributed by atoms with van der Waals surface area (Å²) in [7, 11) is 0. The highest BCUT2D eigenvalue weighted by molar-refractivity contribution is 6.36. The van der Waals surface area contributed by atoms with E-state index in [4.69, 9.17) is 4.74 Å². The molecule has 0 atom stereocenters. The fourth-order valence-corrected chi connectivity index (χ4v) is 1.41. The third-order valence-corrected chi connectivity index (χ3v) is 2.40. The van der Waals surface area contributed by atoms with E-state index in [0.717, 1.165) is 0 Å². The van der Waals surface area contributed by atoms with Gasteiger partial charge in [0.05, 0.1) is 0 Å². The van der Waals surface area contributed by atoms with Crippen molar-refractivity contribution in [2.45, 2.75) is 13.8 Å². The molecule has 0 saturated heterocycles. The van der Waals surface area contributed by atoms with Crippen LogP contribution in [0.5, 0.6) is 5.75 Å². The highest BCUT2D eigenvalue weighted by Crippen LogP contribution is 2.08. The Balaban J connectivity index is 2.47. The minimum absolute atomic E-state index is 0.209. The van der Waals surface area contributed by atoms with Gasteiger partial charge in [-0.2, -0.15) is 0 Å².